The van der Waals surface area contributed by atoms with Crippen molar-refractivity contribution in [2.45, 2.75) is 37.4 Å². The molecule has 0 spiro atoms. The zero-order chi connectivity index (χ0) is 11.7. The van der Waals surface area contributed by atoms with E-state index in [1.807, 2.05) is 0 Å². The van der Waals surface area contributed by atoms with Gasteiger partial charge in [0, 0.05) is 5.92 Å². The fourth-order valence-electron chi connectivity index (χ4n) is 3.22. The highest BCUT2D eigenvalue weighted by molar-refractivity contribution is 7.98. The molecule has 2 fully saturated rings. The molecule has 3 rings (SSSR count). The molecule has 5 heteroatoms. The van der Waals surface area contributed by atoms with Gasteiger partial charge < -0.3 is 4.52 Å². The van der Waals surface area contributed by atoms with E-state index in [1.54, 1.807) is 0 Å². The van der Waals surface area contributed by atoms with Crippen LogP contribution in [0.25, 0.3) is 0 Å². The maximum Gasteiger partial charge on any atom is 0.236 e. The lowest BCUT2D eigenvalue weighted by Crippen LogP contribution is -2.10. The Labute approximate surface area is 105 Å². The zero-order valence-corrected chi connectivity index (χ0v) is 10.4. The molecule has 3 atom stereocenters. The number of thioether (sulfide) groups is 1. The van der Waals surface area contributed by atoms with Gasteiger partial charge in [0.25, 0.3) is 0 Å². The summed E-state index contributed by atoms with van der Waals surface area (Å²) >= 11 is 1.52. The monoisotopic (exact) mass is 249 g/mol. The number of rotatable bonds is 4. The fraction of sp³-hybridized carbons (Fsp3) is 0.750. The first-order valence-corrected chi connectivity index (χ1v) is 7.29. The van der Waals surface area contributed by atoms with E-state index in [0.717, 1.165) is 17.7 Å². The number of hydrogen-bond donors (Lipinski definition) is 0. The van der Waals surface area contributed by atoms with Gasteiger partial charge in [-0.2, -0.15) is 10.2 Å². The first-order chi connectivity index (χ1) is 8.36. The Bertz CT molecular complexity index is 439. The van der Waals surface area contributed by atoms with Crippen LogP contribution in [0, 0.1) is 23.2 Å². The fourth-order valence-corrected chi connectivity index (χ4v) is 3.71. The van der Waals surface area contributed by atoms with E-state index < -0.39 is 0 Å². The van der Waals surface area contributed by atoms with Gasteiger partial charge in [-0.25, -0.2) is 0 Å². The summed E-state index contributed by atoms with van der Waals surface area (Å²) in [5.41, 5.74) is 0. The van der Waals surface area contributed by atoms with Gasteiger partial charge in [-0.05, 0) is 31.1 Å². The van der Waals surface area contributed by atoms with Gasteiger partial charge in [-0.1, -0.05) is 11.6 Å². The topological polar surface area (TPSA) is 62.7 Å². The molecule has 0 radical (unpaired) electrons. The Morgan fingerprint density at radius 1 is 1.41 bits per heavy atom. The molecular formula is C12H15N3OS. The molecule has 90 valence electrons. The Hall–Kier alpha value is -1.02. The molecule has 0 aromatic carbocycles. The number of nitrogens with zero attached hydrogens (tertiary/aromatic N) is 3. The van der Waals surface area contributed by atoms with Gasteiger partial charge in [0.05, 0.1) is 17.6 Å². The summed E-state index contributed by atoms with van der Waals surface area (Å²) in [6.07, 6.45) is 5.33. The van der Waals surface area contributed by atoms with Crippen LogP contribution in [-0.2, 0) is 5.75 Å². The SMILES string of the molecule is N#CCSCc1nc(C2CC3CCC2C3)no1. The third-order valence-electron chi connectivity index (χ3n) is 3.95. The lowest BCUT2D eigenvalue weighted by molar-refractivity contribution is 0.358. The number of hydrogen-bond acceptors (Lipinski definition) is 5. The molecule has 0 saturated heterocycles. The normalized spacial score (nSPS) is 30.6. The van der Waals surface area contributed by atoms with Crippen molar-refractivity contribution >= 4 is 11.8 Å². The summed E-state index contributed by atoms with van der Waals surface area (Å²) in [6, 6.07) is 2.09. The molecule has 0 N–H and O–H groups in total. The minimum Gasteiger partial charge on any atom is -0.338 e. The largest absolute Gasteiger partial charge is 0.338 e. The van der Waals surface area contributed by atoms with Gasteiger partial charge >= 0.3 is 0 Å². The molecule has 1 heterocycles. The molecule has 4 nitrogen and oxygen atoms in total. The van der Waals surface area contributed by atoms with Crippen LogP contribution in [0.5, 0.6) is 0 Å². The molecule has 0 amide bonds. The molecule has 2 aliphatic rings. The zero-order valence-electron chi connectivity index (χ0n) is 9.63. The second-order valence-corrected chi connectivity index (χ2v) is 5.96. The first-order valence-electron chi connectivity index (χ1n) is 6.14. The van der Waals surface area contributed by atoms with E-state index in [1.165, 1.54) is 37.4 Å². The lowest BCUT2D eigenvalue weighted by atomic mass is 9.88. The smallest absolute Gasteiger partial charge is 0.236 e. The summed E-state index contributed by atoms with van der Waals surface area (Å²) < 4.78 is 5.24. The van der Waals surface area contributed by atoms with Crippen LogP contribution in [0.2, 0.25) is 0 Å². The maximum atomic E-state index is 8.46. The second-order valence-electron chi connectivity index (χ2n) is 4.98. The van der Waals surface area contributed by atoms with Crippen LogP contribution in [0.1, 0.15) is 43.3 Å². The molecule has 17 heavy (non-hydrogen) atoms. The van der Waals surface area contributed by atoms with Crippen LogP contribution in [0.4, 0.5) is 0 Å². The standard InChI is InChI=1S/C12H15N3OS/c13-3-4-17-7-11-14-12(15-16-11)10-6-8-1-2-9(10)5-8/h8-10H,1-2,4-7H2. The highest BCUT2D eigenvalue weighted by Gasteiger charge is 2.42. The van der Waals surface area contributed by atoms with Crippen molar-refractivity contribution in [1.29, 1.82) is 5.26 Å². The van der Waals surface area contributed by atoms with Crippen LogP contribution in [-0.4, -0.2) is 15.9 Å². The van der Waals surface area contributed by atoms with Crippen molar-refractivity contribution < 1.29 is 4.52 Å². The molecule has 1 aromatic rings. The summed E-state index contributed by atoms with van der Waals surface area (Å²) in [5.74, 6) is 4.94. The Morgan fingerprint density at radius 3 is 3.06 bits per heavy atom. The number of fused-ring (bicyclic) bond motifs is 2. The average Bonchev–Trinajstić information content (AvgIpc) is 3.04. The third-order valence-corrected chi connectivity index (χ3v) is 4.73. The molecule has 2 aliphatic carbocycles. The van der Waals surface area contributed by atoms with Crippen LogP contribution in [0.15, 0.2) is 4.52 Å². The van der Waals surface area contributed by atoms with Gasteiger partial charge in [-0.3, -0.25) is 0 Å². The van der Waals surface area contributed by atoms with Crippen LogP contribution < -0.4 is 0 Å². The van der Waals surface area contributed by atoms with E-state index in [-0.39, 0.29) is 0 Å². The Balaban J connectivity index is 1.63. The maximum absolute atomic E-state index is 8.46. The third kappa shape index (κ3) is 2.19. The molecule has 1 aromatic heterocycles. The van der Waals surface area contributed by atoms with Gasteiger partial charge in [0.15, 0.2) is 5.82 Å². The minimum atomic E-state index is 0.478. The Morgan fingerprint density at radius 2 is 2.35 bits per heavy atom. The summed E-state index contributed by atoms with van der Waals surface area (Å²) in [5, 5.41) is 12.6. The van der Waals surface area contributed by atoms with Crippen molar-refractivity contribution in [3.8, 4) is 6.07 Å². The van der Waals surface area contributed by atoms with E-state index >= 15 is 0 Å². The summed E-state index contributed by atoms with van der Waals surface area (Å²) in [7, 11) is 0. The highest BCUT2D eigenvalue weighted by Crippen LogP contribution is 2.52. The molecule has 0 aliphatic heterocycles. The van der Waals surface area contributed by atoms with Gasteiger partial charge in [-0.15, -0.1) is 11.8 Å². The molecule has 2 bridgehead atoms. The second kappa shape index (κ2) is 4.69. The van der Waals surface area contributed by atoms with Crippen molar-refractivity contribution in [2.75, 3.05) is 5.75 Å². The first kappa shape index (κ1) is 11.1. The van der Waals surface area contributed by atoms with Crippen molar-refractivity contribution in [3.05, 3.63) is 11.7 Å². The van der Waals surface area contributed by atoms with E-state index in [9.17, 15) is 0 Å². The lowest BCUT2D eigenvalue weighted by Gasteiger charge is -2.17. The predicted octanol–water partition coefficient (Wildman–Crippen LogP) is 2.73. The average molecular weight is 249 g/mol. The van der Waals surface area contributed by atoms with Gasteiger partial charge in [0.1, 0.15) is 0 Å². The minimum absolute atomic E-state index is 0.478. The van der Waals surface area contributed by atoms with Crippen molar-refractivity contribution in [1.82, 2.24) is 10.1 Å². The van der Waals surface area contributed by atoms with Crippen LogP contribution >= 0.6 is 11.8 Å². The number of aromatic nitrogens is 2. The summed E-state index contributed by atoms with van der Waals surface area (Å²) in [4.78, 5) is 4.47. The van der Waals surface area contributed by atoms with E-state index in [4.69, 9.17) is 9.78 Å². The van der Waals surface area contributed by atoms with Crippen molar-refractivity contribution in [3.63, 3.8) is 0 Å². The van der Waals surface area contributed by atoms with Gasteiger partial charge in [0.2, 0.25) is 5.89 Å². The highest BCUT2D eigenvalue weighted by atomic mass is 32.2. The quantitative estimate of drug-likeness (QED) is 0.768. The molecule has 2 saturated carbocycles. The molecule has 3 unspecified atom stereocenters. The summed E-state index contributed by atoms with van der Waals surface area (Å²) in [6.45, 7) is 0. The van der Waals surface area contributed by atoms with Crippen molar-refractivity contribution in [2.24, 2.45) is 11.8 Å². The Kier molecular flexibility index (Phi) is 3.06. The van der Waals surface area contributed by atoms with E-state index in [2.05, 4.69) is 16.2 Å². The number of nitriles is 1. The van der Waals surface area contributed by atoms with Crippen LogP contribution in [0.3, 0.4) is 0 Å². The predicted molar refractivity (Wildman–Crippen MR) is 64.3 cm³/mol. The van der Waals surface area contributed by atoms with E-state index in [0.29, 0.717) is 23.3 Å². The molecular weight excluding hydrogens is 234 g/mol.